The Morgan fingerprint density at radius 1 is 1.56 bits per heavy atom. The van der Waals surface area contributed by atoms with Crippen molar-refractivity contribution in [2.45, 2.75) is 0 Å². The Kier molecular flexibility index (Phi) is 3.44. The molecule has 0 aliphatic heterocycles. The van der Waals surface area contributed by atoms with Gasteiger partial charge in [0.25, 0.3) is 0 Å². The summed E-state index contributed by atoms with van der Waals surface area (Å²) >= 11 is 0. The van der Waals surface area contributed by atoms with E-state index in [0.717, 1.165) is 12.0 Å². The zero-order valence-electron chi connectivity index (χ0n) is 5.79. The predicted molar refractivity (Wildman–Crippen MR) is 38.0 cm³/mol. The van der Waals surface area contributed by atoms with E-state index in [2.05, 4.69) is 6.58 Å². The lowest BCUT2D eigenvalue weighted by Gasteiger charge is -2.10. The number of nitrogens with zero attached hydrogens (tertiary/aromatic N) is 1. The van der Waals surface area contributed by atoms with Crippen LogP contribution < -0.4 is 0 Å². The van der Waals surface area contributed by atoms with Crippen molar-refractivity contribution in [3.05, 3.63) is 24.4 Å². The van der Waals surface area contributed by atoms with E-state index < -0.39 is 0 Å². The van der Waals surface area contributed by atoms with Crippen molar-refractivity contribution in [3.63, 3.8) is 0 Å². The van der Waals surface area contributed by atoms with Gasteiger partial charge in [0, 0.05) is 25.9 Å². The fraction of sp³-hybridized carbons (Fsp3) is 0.286. The number of rotatable bonds is 3. The molecule has 0 aliphatic rings. The normalized spacial score (nSPS) is 10.7. The molecule has 0 saturated carbocycles. The highest BCUT2D eigenvalue weighted by atomic mass is 16.1. The lowest BCUT2D eigenvalue weighted by atomic mass is 10.4. The topological polar surface area (TPSA) is 20.3 Å². The monoisotopic (exact) mass is 125 g/mol. The second-order valence-electron chi connectivity index (χ2n) is 1.83. The van der Waals surface area contributed by atoms with Crippen LogP contribution in [0.4, 0.5) is 0 Å². The Balaban J connectivity index is 4.13. The molecule has 0 atom stereocenters. The first-order chi connectivity index (χ1) is 4.22. The molecule has 0 saturated heterocycles. The molecule has 0 aromatic carbocycles. The molecule has 2 nitrogen and oxygen atoms in total. The maximum atomic E-state index is 9.93. The van der Waals surface area contributed by atoms with E-state index in [-0.39, 0.29) is 0 Å². The van der Waals surface area contributed by atoms with Gasteiger partial charge >= 0.3 is 0 Å². The Hall–Kier alpha value is -1.05. The zero-order valence-corrected chi connectivity index (χ0v) is 5.79. The van der Waals surface area contributed by atoms with E-state index >= 15 is 0 Å². The standard InChI is InChI=1S/C7H11NO/c1-4-7(5-6-9)8(2)3/h4-6H,1H2,2-3H3/b7-5+. The minimum atomic E-state index is 0.747. The van der Waals surface area contributed by atoms with Gasteiger partial charge in [0.05, 0.1) is 0 Å². The van der Waals surface area contributed by atoms with Crippen LogP contribution in [0.25, 0.3) is 0 Å². The lowest BCUT2D eigenvalue weighted by molar-refractivity contribution is -0.104. The smallest absolute Gasteiger partial charge is 0.144 e. The average Bonchev–Trinajstić information content (AvgIpc) is 1.82. The molecule has 0 aromatic heterocycles. The summed E-state index contributed by atoms with van der Waals surface area (Å²) in [6, 6.07) is 0. The molecule has 2 heteroatoms. The largest absolute Gasteiger partial charge is 0.378 e. The van der Waals surface area contributed by atoms with Gasteiger partial charge in [-0.2, -0.15) is 0 Å². The van der Waals surface area contributed by atoms with Gasteiger partial charge in [-0.3, -0.25) is 4.79 Å². The van der Waals surface area contributed by atoms with E-state index in [0.29, 0.717) is 0 Å². The summed E-state index contributed by atoms with van der Waals surface area (Å²) in [5, 5.41) is 0. The first-order valence-electron chi connectivity index (χ1n) is 2.67. The second kappa shape index (κ2) is 3.89. The lowest BCUT2D eigenvalue weighted by Crippen LogP contribution is -2.08. The molecular formula is C7H11NO. The molecule has 50 valence electrons. The fourth-order valence-corrected chi connectivity index (χ4v) is 0.469. The maximum absolute atomic E-state index is 9.93. The highest BCUT2D eigenvalue weighted by molar-refractivity contribution is 5.66. The number of allylic oxidation sites excluding steroid dienone is 2. The number of hydrogen-bond donors (Lipinski definition) is 0. The molecule has 0 fully saturated rings. The highest BCUT2D eigenvalue weighted by Gasteiger charge is 1.89. The van der Waals surface area contributed by atoms with Gasteiger partial charge in [0.2, 0.25) is 0 Å². The molecule has 0 unspecified atom stereocenters. The van der Waals surface area contributed by atoms with Crippen molar-refractivity contribution >= 4 is 6.29 Å². The van der Waals surface area contributed by atoms with Crippen LogP contribution in [0.1, 0.15) is 0 Å². The Morgan fingerprint density at radius 2 is 2.11 bits per heavy atom. The first kappa shape index (κ1) is 7.95. The van der Waals surface area contributed by atoms with Crippen molar-refractivity contribution in [1.82, 2.24) is 4.90 Å². The third-order valence-electron chi connectivity index (χ3n) is 0.964. The van der Waals surface area contributed by atoms with Crippen LogP contribution in [0.2, 0.25) is 0 Å². The third-order valence-corrected chi connectivity index (χ3v) is 0.964. The number of hydrogen-bond acceptors (Lipinski definition) is 2. The average molecular weight is 125 g/mol. The van der Waals surface area contributed by atoms with Gasteiger partial charge in [-0.05, 0) is 6.08 Å². The molecule has 0 heterocycles. The molecule has 9 heavy (non-hydrogen) atoms. The van der Waals surface area contributed by atoms with Crippen LogP contribution in [-0.4, -0.2) is 25.3 Å². The van der Waals surface area contributed by atoms with Crippen molar-refractivity contribution in [1.29, 1.82) is 0 Å². The van der Waals surface area contributed by atoms with Crippen LogP contribution in [0.3, 0.4) is 0 Å². The van der Waals surface area contributed by atoms with Crippen molar-refractivity contribution in [3.8, 4) is 0 Å². The summed E-state index contributed by atoms with van der Waals surface area (Å²) in [7, 11) is 3.72. The van der Waals surface area contributed by atoms with E-state index in [1.54, 1.807) is 6.08 Å². The Labute approximate surface area is 55.5 Å². The zero-order chi connectivity index (χ0) is 7.28. The first-order valence-corrected chi connectivity index (χ1v) is 2.67. The summed E-state index contributed by atoms with van der Waals surface area (Å²) in [4.78, 5) is 11.7. The maximum Gasteiger partial charge on any atom is 0.144 e. The summed E-state index contributed by atoms with van der Waals surface area (Å²) < 4.78 is 0. The van der Waals surface area contributed by atoms with E-state index in [4.69, 9.17) is 0 Å². The molecule has 0 amide bonds. The molecule has 0 spiro atoms. The minimum Gasteiger partial charge on any atom is -0.378 e. The van der Waals surface area contributed by atoms with E-state index in [1.165, 1.54) is 6.08 Å². The molecule has 0 rings (SSSR count). The number of carbonyl (C=O) groups is 1. The number of aldehydes is 1. The van der Waals surface area contributed by atoms with Gasteiger partial charge < -0.3 is 4.90 Å². The SMILES string of the molecule is C=C/C(=C\C=O)N(C)C. The highest BCUT2D eigenvalue weighted by Crippen LogP contribution is 1.95. The number of carbonyl (C=O) groups excluding carboxylic acids is 1. The molecule has 0 aliphatic carbocycles. The minimum absolute atomic E-state index is 0.747. The fourth-order valence-electron chi connectivity index (χ4n) is 0.469. The van der Waals surface area contributed by atoms with E-state index in [1.807, 2.05) is 19.0 Å². The van der Waals surface area contributed by atoms with Crippen molar-refractivity contribution in [2.24, 2.45) is 0 Å². The third kappa shape index (κ3) is 2.69. The van der Waals surface area contributed by atoms with Gasteiger partial charge in [0.1, 0.15) is 6.29 Å². The van der Waals surface area contributed by atoms with Gasteiger partial charge in [-0.25, -0.2) is 0 Å². The molecule has 0 aromatic rings. The Bertz CT molecular complexity index is 136. The summed E-state index contributed by atoms with van der Waals surface area (Å²) in [5.74, 6) is 0. The van der Waals surface area contributed by atoms with Crippen molar-refractivity contribution in [2.75, 3.05) is 14.1 Å². The van der Waals surface area contributed by atoms with Crippen molar-refractivity contribution < 1.29 is 4.79 Å². The van der Waals surface area contributed by atoms with Crippen LogP contribution in [0, 0.1) is 0 Å². The molecule has 0 bridgehead atoms. The molecule has 0 radical (unpaired) electrons. The van der Waals surface area contributed by atoms with Crippen LogP contribution in [0.15, 0.2) is 24.4 Å². The van der Waals surface area contributed by atoms with Gasteiger partial charge in [-0.15, -0.1) is 0 Å². The van der Waals surface area contributed by atoms with Crippen LogP contribution in [-0.2, 0) is 4.79 Å². The quantitative estimate of drug-likeness (QED) is 0.316. The van der Waals surface area contributed by atoms with E-state index in [9.17, 15) is 4.79 Å². The Morgan fingerprint density at radius 3 is 2.22 bits per heavy atom. The number of likely N-dealkylation sites (N-methyl/N-ethyl adjacent to an activating group) is 1. The summed E-state index contributed by atoms with van der Waals surface area (Å²) in [6.45, 7) is 3.53. The van der Waals surface area contributed by atoms with Crippen LogP contribution in [0.5, 0.6) is 0 Å². The summed E-state index contributed by atoms with van der Waals surface area (Å²) in [5.41, 5.74) is 0.824. The van der Waals surface area contributed by atoms with Gasteiger partial charge in [0.15, 0.2) is 0 Å². The summed E-state index contributed by atoms with van der Waals surface area (Å²) in [6.07, 6.45) is 3.85. The van der Waals surface area contributed by atoms with Gasteiger partial charge in [-0.1, -0.05) is 6.58 Å². The molecule has 0 N–H and O–H groups in total. The predicted octanol–water partition coefficient (Wildman–Crippen LogP) is 0.817. The van der Waals surface area contributed by atoms with Crippen LogP contribution >= 0.6 is 0 Å². The molecular weight excluding hydrogens is 114 g/mol. The second-order valence-corrected chi connectivity index (χ2v) is 1.83.